The Morgan fingerprint density at radius 2 is 2.18 bits per heavy atom. The van der Waals surface area contributed by atoms with Gasteiger partial charge in [0.2, 0.25) is 5.95 Å². The lowest BCUT2D eigenvalue weighted by Gasteiger charge is -2.05. The summed E-state index contributed by atoms with van der Waals surface area (Å²) in [6, 6.07) is 1.61. The number of aryl methyl sites for hydroxylation is 2. The molecule has 2 rings (SSSR count). The number of nitrogens with one attached hydrogen (secondary N) is 1. The normalized spacial score (nSPS) is 10.5. The maximum absolute atomic E-state index is 5.77. The minimum absolute atomic E-state index is 0.138. The molecule has 90 valence electrons. The molecule has 7 heteroatoms. The number of hydrogen-bond donors (Lipinski definition) is 2. The van der Waals surface area contributed by atoms with Crippen molar-refractivity contribution < 1.29 is 4.52 Å². The maximum atomic E-state index is 5.77. The van der Waals surface area contributed by atoms with Crippen LogP contribution in [-0.4, -0.2) is 15.1 Å². The summed E-state index contributed by atoms with van der Waals surface area (Å²) < 4.78 is 5.06. The smallest absolute Gasteiger partial charge is 0.223 e. The number of anilines is 2. The van der Waals surface area contributed by atoms with Crippen molar-refractivity contribution >= 4 is 23.4 Å². The van der Waals surface area contributed by atoms with E-state index in [1.807, 2.05) is 13.8 Å². The van der Waals surface area contributed by atoms with Gasteiger partial charge in [0.25, 0.3) is 0 Å². The number of halogens is 1. The van der Waals surface area contributed by atoms with Crippen LogP contribution in [0.15, 0.2) is 10.6 Å². The highest BCUT2D eigenvalue weighted by Crippen LogP contribution is 2.16. The molecule has 0 fully saturated rings. The monoisotopic (exact) mass is 253 g/mol. The van der Waals surface area contributed by atoms with Crippen LogP contribution in [0.4, 0.5) is 11.8 Å². The summed E-state index contributed by atoms with van der Waals surface area (Å²) in [5.41, 5.74) is 7.34. The van der Waals surface area contributed by atoms with E-state index in [4.69, 9.17) is 21.9 Å². The Balaban J connectivity index is 2.12. The third-order valence-corrected chi connectivity index (χ3v) is 2.53. The molecule has 0 aliphatic carbocycles. The van der Waals surface area contributed by atoms with E-state index in [2.05, 4.69) is 20.4 Å². The van der Waals surface area contributed by atoms with Crippen molar-refractivity contribution in [2.45, 2.75) is 20.4 Å². The van der Waals surface area contributed by atoms with Gasteiger partial charge < -0.3 is 15.6 Å². The molecule has 0 atom stereocenters. The fraction of sp³-hybridized carbons (Fsp3) is 0.300. The van der Waals surface area contributed by atoms with Crippen LogP contribution in [0, 0.1) is 13.8 Å². The van der Waals surface area contributed by atoms with Crippen LogP contribution in [0.25, 0.3) is 0 Å². The van der Waals surface area contributed by atoms with Crippen molar-refractivity contribution in [3.63, 3.8) is 0 Å². The molecule has 0 amide bonds. The van der Waals surface area contributed by atoms with E-state index in [0.29, 0.717) is 17.5 Å². The molecule has 6 nitrogen and oxygen atoms in total. The highest BCUT2D eigenvalue weighted by Gasteiger charge is 2.09. The zero-order valence-corrected chi connectivity index (χ0v) is 10.2. The van der Waals surface area contributed by atoms with Crippen LogP contribution in [0.5, 0.6) is 0 Å². The summed E-state index contributed by atoms with van der Waals surface area (Å²) in [7, 11) is 0. The summed E-state index contributed by atoms with van der Waals surface area (Å²) in [4.78, 5) is 7.79. The zero-order valence-electron chi connectivity index (χ0n) is 9.49. The zero-order chi connectivity index (χ0) is 12.4. The van der Waals surface area contributed by atoms with E-state index in [9.17, 15) is 0 Å². The van der Waals surface area contributed by atoms with Crippen molar-refractivity contribution in [2.24, 2.45) is 0 Å². The molecule has 2 aromatic heterocycles. The van der Waals surface area contributed by atoms with Gasteiger partial charge in [-0.25, -0.2) is 4.98 Å². The first-order chi connectivity index (χ1) is 8.06. The Kier molecular flexibility index (Phi) is 3.14. The minimum atomic E-state index is 0.138. The summed E-state index contributed by atoms with van der Waals surface area (Å²) in [6.07, 6.45) is 0. The van der Waals surface area contributed by atoms with Crippen molar-refractivity contribution in [1.82, 2.24) is 15.1 Å². The van der Waals surface area contributed by atoms with Gasteiger partial charge in [0, 0.05) is 18.2 Å². The molecule has 0 saturated carbocycles. The predicted octanol–water partition coefficient (Wildman–Crippen LogP) is 1.93. The molecule has 0 aliphatic rings. The van der Waals surface area contributed by atoms with Gasteiger partial charge in [-0.15, -0.1) is 0 Å². The van der Waals surface area contributed by atoms with Crippen LogP contribution >= 0.6 is 11.6 Å². The molecular formula is C10H12ClN5O. The first-order valence-electron chi connectivity index (χ1n) is 5.02. The van der Waals surface area contributed by atoms with Gasteiger partial charge in [-0.05, 0) is 13.8 Å². The average Bonchev–Trinajstić information content (AvgIpc) is 2.55. The van der Waals surface area contributed by atoms with E-state index >= 15 is 0 Å². The van der Waals surface area contributed by atoms with E-state index in [1.165, 1.54) is 0 Å². The lowest BCUT2D eigenvalue weighted by molar-refractivity contribution is 0.392. The van der Waals surface area contributed by atoms with Crippen LogP contribution in [0.3, 0.4) is 0 Å². The van der Waals surface area contributed by atoms with Crippen LogP contribution in [0.1, 0.15) is 17.0 Å². The lowest BCUT2D eigenvalue weighted by Crippen LogP contribution is -2.05. The molecule has 0 radical (unpaired) electrons. The maximum Gasteiger partial charge on any atom is 0.223 e. The third-order valence-electron chi connectivity index (χ3n) is 2.34. The molecule has 0 spiro atoms. The Morgan fingerprint density at radius 3 is 2.76 bits per heavy atom. The largest absolute Gasteiger partial charge is 0.368 e. The molecule has 0 saturated heterocycles. The summed E-state index contributed by atoms with van der Waals surface area (Å²) in [5, 5.41) is 7.26. The topological polar surface area (TPSA) is 89.9 Å². The number of aromatic nitrogens is 3. The second kappa shape index (κ2) is 4.58. The molecule has 3 N–H and O–H groups in total. The van der Waals surface area contributed by atoms with Crippen LogP contribution < -0.4 is 11.1 Å². The number of nitrogen functional groups attached to an aromatic ring is 1. The van der Waals surface area contributed by atoms with E-state index < -0.39 is 0 Å². The Morgan fingerprint density at radius 1 is 1.41 bits per heavy atom. The molecule has 2 aromatic rings. The van der Waals surface area contributed by atoms with Crippen molar-refractivity contribution in [2.75, 3.05) is 11.1 Å². The molecule has 2 heterocycles. The standard InChI is InChI=1S/C10H12ClN5O/c1-5-7(6(2)17-16-5)4-13-9-3-8(11)14-10(12)15-9/h3H,4H2,1-2H3,(H3,12,13,14,15). The predicted molar refractivity (Wildman–Crippen MR) is 64.8 cm³/mol. The molecule has 0 unspecified atom stereocenters. The van der Waals surface area contributed by atoms with Crippen LogP contribution in [0.2, 0.25) is 5.15 Å². The SMILES string of the molecule is Cc1noc(C)c1CNc1cc(Cl)nc(N)n1. The van der Waals surface area contributed by atoms with Gasteiger partial charge >= 0.3 is 0 Å². The second-order valence-corrected chi connectivity index (χ2v) is 3.98. The number of nitrogens with zero attached hydrogens (tertiary/aromatic N) is 3. The number of hydrogen-bond acceptors (Lipinski definition) is 6. The Hall–Kier alpha value is -1.82. The first-order valence-corrected chi connectivity index (χ1v) is 5.39. The fourth-order valence-electron chi connectivity index (χ4n) is 1.46. The van der Waals surface area contributed by atoms with Gasteiger partial charge in [0.15, 0.2) is 0 Å². The average molecular weight is 254 g/mol. The van der Waals surface area contributed by atoms with E-state index in [1.54, 1.807) is 6.07 Å². The molecule has 17 heavy (non-hydrogen) atoms. The Labute approximate surface area is 103 Å². The van der Waals surface area contributed by atoms with E-state index in [-0.39, 0.29) is 5.95 Å². The van der Waals surface area contributed by atoms with E-state index in [0.717, 1.165) is 17.0 Å². The van der Waals surface area contributed by atoms with Gasteiger partial charge in [-0.3, -0.25) is 0 Å². The van der Waals surface area contributed by atoms with Gasteiger partial charge in [0.05, 0.1) is 5.69 Å². The number of rotatable bonds is 3. The fourth-order valence-corrected chi connectivity index (χ4v) is 1.65. The van der Waals surface area contributed by atoms with Crippen molar-refractivity contribution in [3.8, 4) is 0 Å². The van der Waals surface area contributed by atoms with Gasteiger partial charge in [-0.2, -0.15) is 4.98 Å². The lowest BCUT2D eigenvalue weighted by atomic mass is 10.2. The highest BCUT2D eigenvalue weighted by atomic mass is 35.5. The minimum Gasteiger partial charge on any atom is -0.368 e. The quantitative estimate of drug-likeness (QED) is 0.813. The van der Waals surface area contributed by atoms with Crippen LogP contribution in [-0.2, 0) is 6.54 Å². The second-order valence-electron chi connectivity index (χ2n) is 3.59. The third kappa shape index (κ3) is 2.65. The number of nitrogens with two attached hydrogens (primary N) is 1. The van der Waals surface area contributed by atoms with Crippen molar-refractivity contribution in [3.05, 3.63) is 28.2 Å². The first kappa shape index (κ1) is 11.7. The molecule has 0 bridgehead atoms. The summed E-state index contributed by atoms with van der Waals surface area (Å²) in [5.74, 6) is 1.49. The molecular weight excluding hydrogens is 242 g/mol. The Bertz CT molecular complexity index is 500. The van der Waals surface area contributed by atoms with Crippen molar-refractivity contribution in [1.29, 1.82) is 0 Å². The van der Waals surface area contributed by atoms with Gasteiger partial charge in [0.1, 0.15) is 16.7 Å². The summed E-state index contributed by atoms with van der Waals surface area (Å²) in [6.45, 7) is 4.29. The summed E-state index contributed by atoms with van der Waals surface area (Å²) >= 11 is 5.77. The van der Waals surface area contributed by atoms with Gasteiger partial charge in [-0.1, -0.05) is 16.8 Å². The molecule has 0 aromatic carbocycles. The molecule has 0 aliphatic heterocycles. The highest BCUT2D eigenvalue weighted by molar-refractivity contribution is 6.29.